The van der Waals surface area contributed by atoms with Gasteiger partial charge in [0, 0.05) is 17.8 Å². The molecule has 0 radical (unpaired) electrons. The van der Waals surface area contributed by atoms with Crippen LogP contribution in [-0.4, -0.2) is 16.0 Å². The predicted octanol–water partition coefficient (Wildman–Crippen LogP) is 3.56. The molecule has 17 heavy (non-hydrogen) atoms. The highest BCUT2D eigenvalue weighted by Gasteiger charge is 2.20. The average Bonchev–Trinajstić information content (AvgIpc) is 2.32. The van der Waals surface area contributed by atoms with Gasteiger partial charge in [0.15, 0.2) is 0 Å². The predicted molar refractivity (Wildman–Crippen MR) is 71.0 cm³/mol. The summed E-state index contributed by atoms with van der Waals surface area (Å²) in [5.74, 6) is 1.95. The summed E-state index contributed by atoms with van der Waals surface area (Å²) in [6, 6.07) is 2.63. The summed E-state index contributed by atoms with van der Waals surface area (Å²) in [6.07, 6.45) is 9.68. The van der Waals surface area contributed by atoms with Gasteiger partial charge in [0.2, 0.25) is 0 Å². The highest BCUT2D eigenvalue weighted by atomic mass is 15.0. The second-order valence-electron chi connectivity index (χ2n) is 5.20. The normalized spacial score (nSPS) is 24.6. The number of aromatic nitrogens is 2. The van der Waals surface area contributed by atoms with E-state index >= 15 is 0 Å². The van der Waals surface area contributed by atoms with Crippen LogP contribution in [0.3, 0.4) is 0 Å². The number of hydrogen-bond donors (Lipinski definition) is 1. The highest BCUT2D eigenvalue weighted by molar-refractivity contribution is 5.35. The third-order valence-corrected chi connectivity index (χ3v) is 3.70. The molecule has 0 spiro atoms. The van der Waals surface area contributed by atoms with Crippen LogP contribution in [0, 0.1) is 12.8 Å². The van der Waals surface area contributed by atoms with E-state index in [0.717, 1.165) is 17.4 Å². The number of hydrogen-bond acceptors (Lipinski definition) is 3. The number of nitrogens with zero attached hydrogens (tertiary/aromatic N) is 2. The van der Waals surface area contributed by atoms with Gasteiger partial charge in [0.05, 0.1) is 0 Å². The summed E-state index contributed by atoms with van der Waals surface area (Å²) in [5, 5.41) is 3.53. The van der Waals surface area contributed by atoms with Crippen LogP contribution >= 0.6 is 0 Å². The van der Waals surface area contributed by atoms with Crippen LogP contribution in [0.5, 0.6) is 0 Å². The third-order valence-electron chi connectivity index (χ3n) is 3.70. The molecule has 3 nitrogen and oxygen atoms in total. The van der Waals surface area contributed by atoms with E-state index in [1.807, 2.05) is 13.0 Å². The van der Waals surface area contributed by atoms with Crippen LogP contribution in [0.15, 0.2) is 12.4 Å². The third kappa shape index (κ3) is 3.69. The lowest BCUT2D eigenvalue weighted by Crippen LogP contribution is -2.26. The quantitative estimate of drug-likeness (QED) is 0.864. The second-order valence-corrected chi connectivity index (χ2v) is 5.20. The molecule has 0 aromatic carbocycles. The zero-order chi connectivity index (χ0) is 12.1. The van der Waals surface area contributed by atoms with E-state index in [0.29, 0.717) is 6.04 Å². The smallest absolute Gasteiger partial charge is 0.129 e. The number of aryl methyl sites for hydroxylation is 1. The zero-order valence-electron chi connectivity index (χ0n) is 10.9. The van der Waals surface area contributed by atoms with Crippen molar-refractivity contribution in [3.8, 4) is 0 Å². The monoisotopic (exact) mass is 233 g/mol. The van der Waals surface area contributed by atoms with Gasteiger partial charge in [0.25, 0.3) is 0 Å². The van der Waals surface area contributed by atoms with Crippen molar-refractivity contribution < 1.29 is 0 Å². The molecule has 1 aromatic heterocycles. The summed E-state index contributed by atoms with van der Waals surface area (Å²) in [5.41, 5.74) is 1.03. The molecule has 1 aliphatic rings. The fourth-order valence-corrected chi connectivity index (χ4v) is 2.75. The van der Waals surface area contributed by atoms with Crippen molar-refractivity contribution in [1.29, 1.82) is 0 Å². The Labute approximate surface area is 104 Å². The van der Waals surface area contributed by atoms with Crippen LogP contribution in [0.25, 0.3) is 0 Å². The summed E-state index contributed by atoms with van der Waals surface area (Å²) in [4.78, 5) is 8.39. The van der Waals surface area contributed by atoms with E-state index in [-0.39, 0.29) is 0 Å². The van der Waals surface area contributed by atoms with E-state index in [1.54, 1.807) is 6.33 Å². The standard InChI is InChI=1S/C14H23N3/c1-3-4-12-5-7-13(8-6-12)17-14-9-11(2)15-10-16-14/h9-10,12-13H,3-8H2,1-2H3,(H,15,16,17). The van der Waals surface area contributed by atoms with Gasteiger partial charge in [-0.1, -0.05) is 19.8 Å². The molecule has 1 saturated carbocycles. The molecule has 2 rings (SSSR count). The molecular formula is C14H23N3. The molecule has 1 aliphatic carbocycles. The largest absolute Gasteiger partial charge is 0.367 e. The Morgan fingerprint density at radius 3 is 2.65 bits per heavy atom. The SMILES string of the molecule is CCCC1CCC(Nc2cc(C)ncn2)CC1. The Morgan fingerprint density at radius 1 is 1.24 bits per heavy atom. The fraction of sp³-hybridized carbons (Fsp3) is 0.714. The van der Waals surface area contributed by atoms with Crippen molar-refractivity contribution in [1.82, 2.24) is 9.97 Å². The average molecular weight is 233 g/mol. The summed E-state index contributed by atoms with van der Waals surface area (Å²) < 4.78 is 0. The molecule has 1 fully saturated rings. The number of anilines is 1. The van der Waals surface area contributed by atoms with Gasteiger partial charge in [-0.25, -0.2) is 9.97 Å². The molecule has 0 atom stereocenters. The first-order chi connectivity index (χ1) is 8.28. The Morgan fingerprint density at radius 2 is 2.00 bits per heavy atom. The van der Waals surface area contributed by atoms with Crippen LogP contribution in [0.1, 0.15) is 51.1 Å². The molecule has 94 valence electrons. The molecule has 3 heteroatoms. The van der Waals surface area contributed by atoms with Crippen LogP contribution in [0.2, 0.25) is 0 Å². The summed E-state index contributed by atoms with van der Waals surface area (Å²) in [7, 11) is 0. The van der Waals surface area contributed by atoms with Gasteiger partial charge in [-0.2, -0.15) is 0 Å². The Kier molecular flexibility index (Phi) is 4.35. The summed E-state index contributed by atoms with van der Waals surface area (Å²) >= 11 is 0. The summed E-state index contributed by atoms with van der Waals surface area (Å²) in [6.45, 7) is 4.29. The maximum atomic E-state index is 4.27. The fourth-order valence-electron chi connectivity index (χ4n) is 2.75. The Hall–Kier alpha value is -1.12. The van der Waals surface area contributed by atoms with Crippen LogP contribution in [0.4, 0.5) is 5.82 Å². The highest BCUT2D eigenvalue weighted by Crippen LogP contribution is 2.29. The molecule has 0 unspecified atom stereocenters. The zero-order valence-corrected chi connectivity index (χ0v) is 10.9. The Bertz CT molecular complexity index is 343. The van der Waals surface area contributed by atoms with Crippen molar-refractivity contribution in [2.45, 2.75) is 58.4 Å². The molecule has 1 N–H and O–H groups in total. The van der Waals surface area contributed by atoms with Crippen molar-refractivity contribution in [3.05, 3.63) is 18.1 Å². The van der Waals surface area contributed by atoms with Gasteiger partial charge in [-0.05, 0) is 38.5 Å². The van der Waals surface area contributed by atoms with E-state index in [4.69, 9.17) is 0 Å². The first-order valence-electron chi connectivity index (χ1n) is 6.83. The van der Waals surface area contributed by atoms with Crippen molar-refractivity contribution in [2.24, 2.45) is 5.92 Å². The molecular weight excluding hydrogens is 210 g/mol. The van der Waals surface area contributed by atoms with Gasteiger partial charge < -0.3 is 5.32 Å². The lowest BCUT2D eigenvalue weighted by molar-refractivity contribution is 0.318. The van der Waals surface area contributed by atoms with Gasteiger partial charge in [0.1, 0.15) is 12.1 Å². The number of nitrogens with one attached hydrogen (secondary N) is 1. The van der Waals surface area contributed by atoms with E-state index in [9.17, 15) is 0 Å². The van der Waals surface area contributed by atoms with Crippen molar-refractivity contribution in [3.63, 3.8) is 0 Å². The first kappa shape index (κ1) is 12.3. The van der Waals surface area contributed by atoms with Crippen molar-refractivity contribution >= 4 is 5.82 Å². The molecule has 1 aromatic rings. The van der Waals surface area contributed by atoms with Crippen LogP contribution in [-0.2, 0) is 0 Å². The minimum atomic E-state index is 0.609. The lowest BCUT2D eigenvalue weighted by atomic mass is 9.83. The lowest BCUT2D eigenvalue weighted by Gasteiger charge is -2.29. The minimum absolute atomic E-state index is 0.609. The van der Waals surface area contributed by atoms with E-state index < -0.39 is 0 Å². The van der Waals surface area contributed by atoms with Gasteiger partial charge in [-0.3, -0.25) is 0 Å². The van der Waals surface area contributed by atoms with E-state index in [1.165, 1.54) is 38.5 Å². The van der Waals surface area contributed by atoms with Crippen LogP contribution < -0.4 is 5.32 Å². The number of rotatable bonds is 4. The second kappa shape index (κ2) is 5.99. The topological polar surface area (TPSA) is 37.8 Å². The molecule has 1 heterocycles. The van der Waals surface area contributed by atoms with Gasteiger partial charge >= 0.3 is 0 Å². The van der Waals surface area contributed by atoms with Crippen molar-refractivity contribution in [2.75, 3.05) is 5.32 Å². The first-order valence-corrected chi connectivity index (χ1v) is 6.83. The molecule has 0 bridgehead atoms. The molecule has 0 aliphatic heterocycles. The van der Waals surface area contributed by atoms with Gasteiger partial charge in [-0.15, -0.1) is 0 Å². The molecule has 0 saturated heterocycles. The van der Waals surface area contributed by atoms with E-state index in [2.05, 4.69) is 22.2 Å². The maximum Gasteiger partial charge on any atom is 0.129 e. The molecule has 0 amide bonds. The Balaban J connectivity index is 1.82. The minimum Gasteiger partial charge on any atom is -0.367 e. The maximum absolute atomic E-state index is 4.27.